The molecule has 2 aromatic rings. The molecule has 0 aliphatic rings. The Bertz CT molecular complexity index is 934. The van der Waals surface area contributed by atoms with Gasteiger partial charge in [-0.05, 0) is 53.6 Å². The van der Waals surface area contributed by atoms with Crippen LogP contribution in [0.4, 0.5) is 13.2 Å². The Labute approximate surface area is 198 Å². The number of hydrogen-bond donors (Lipinski definition) is 1. The largest absolute Gasteiger partial charge is 0.493 e. The third-order valence-corrected chi connectivity index (χ3v) is 5.14. The highest BCUT2D eigenvalue weighted by molar-refractivity contribution is 5.88. The van der Waals surface area contributed by atoms with Gasteiger partial charge in [-0.25, -0.2) is 4.79 Å². The van der Waals surface area contributed by atoms with Crippen molar-refractivity contribution >= 4 is 11.9 Å². The van der Waals surface area contributed by atoms with Gasteiger partial charge in [0.2, 0.25) is 0 Å². The minimum atomic E-state index is -5.17. The molecule has 0 radical (unpaired) electrons. The Morgan fingerprint density at radius 1 is 0.912 bits per heavy atom. The van der Waals surface area contributed by atoms with Crippen molar-refractivity contribution in [3.63, 3.8) is 0 Å². The Hall–Kier alpha value is -2.87. The molecule has 186 valence electrons. The average Bonchev–Trinajstić information content (AvgIpc) is 2.75. The van der Waals surface area contributed by atoms with Crippen LogP contribution in [0, 0.1) is 0 Å². The van der Waals surface area contributed by atoms with E-state index in [-0.39, 0.29) is 18.4 Å². The smallest absolute Gasteiger partial charge is 0.491 e. The summed E-state index contributed by atoms with van der Waals surface area (Å²) >= 11 is 0. The van der Waals surface area contributed by atoms with Gasteiger partial charge in [0.1, 0.15) is 5.75 Å². The van der Waals surface area contributed by atoms with Crippen LogP contribution in [-0.2, 0) is 32.6 Å². The minimum absolute atomic E-state index is 0.129. The first-order chi connectivity index (χ1) is 15.9. The molecule has 0 unspecified atom stereocenters. The monoisotopic (exact) mass is 479 g/mol. The molecule has 0 heterocycles. The first-order valence-corrected chi connectivity index (χ1v) is 11.3. The molecule has 2 aromatic carbocycles. The molecule has 0 bridgehead atoms. The van der Waals surface area contributed by atoms with Gasteiger partial charge in [-0.2, -0.15) is 13.2 Å². The van der Waals surface area contributed by atoms with Crippen molar-refractivity contribution in [2.24, 2.45) is 0 Å². The maximum Gasteiger partial charge on any atom is 0.491 e. The maximum absolute atomic E-state index is 12.0. The fourth-order valence-electron chi connectivity index (χ4n) is 3.19. The number of rotatable bonds is 11. The van der Waals surface area contributed by atoms with Gasteiger partial charge in [0.15, 0.2) is 0 Å². The average molecular weight is 480 g/mol. The zero-order valence-electron chi connectivity index (χ0n) is 19.8. The van der Waals surface area contributed by atoms with Gasteiger partial charge in [0.05, 0.1) is 13.0 Å². The van der Waals surface area contributed by atoms with Crippen molar-refractivity contribution in [2.45, 2.75) is 58.0 Å². The number of alkyl halides is 3. The van der Waals surface area contributed by atoms with E-state index >= 15 is 0 Å². The number of benzene rings is 2. The van der Waals surface area contributed by atoms with Crippen LogP contribution in [0.2, 0.25) is 0 Å². The molecule has 0 fully saturated rings. The van der Waals surface area contributed by atoms with Gasteiger partial charge in [0, 0.05) is 13.0 Å². The third kappa shape index (κ3) is 9.95. The van der Waals surface area contributed by atoms with Gasteiger partial charge in [-0.3, -0.25) is 4.79 Å². The van der Waals surface area contributed by atoms with Gasteiger partial charge in [0.25, 0.3) is 0 Å². The van der Waals surface area contributed by atoms with Gasteiger partial charge >= 0.3 is 18.1 Å². The first-order valence-electron chi connectivity index (χ1n) is 11.3. The highest BCUT2D eigenvalue weighted by Crippen LogP contribution is 2.22. The maximum atomic E-state index is 12.0. The van der Waals surface area contributed by atoms with E-state index in [2.05, 4.69) is 55.1 Å². The van der Waals surface area contributed by atoms with Crippen LogP contribution in [-0.4, -0.2) is 37.8 Å². The molecular formula is C26H32F3NO4. The second kappa shape index (κ2) is 12.6. The fraction of sp³-hybridized carbons (Fsp3) is 0.462. The molecule has 0 spiro atoms. The van der Waals surface area contributed by atoms with Crippen molar-refractivity contribution in [1.82, 2.24) is 5.32 Å². The predicted octanol–water partition coefficient (Wildman–Crippen LogP) is 5.15. The lowest BCUT2D eigenvalue weighted by Gasteiger charge is -2.19. The summed E-state index contributed by atoms with van der Waals surface area (Å²) in [6.07, 6.45) is -3.13. The van der Waals surface area contributed by atoms with E-state index in [1.165, 1.54) is 11.1 Å². The molecule has 0 saturated heterocycles. The lowest BCUT2D eigenvalue weighted by Crippen LogP contribution is -2.29. The van der Waals surface area contributed by atoms with E-state index in [4.69, 9.17) is 4.74 Å². The van der Waals surface area contributed by atoms with Gasteiger partial charge < -0.3 is 14.8 Å². The van der Waals surface area contributed by atoms with Crippen molar-refractivity contribution in [3.8, 4) is 5.75 Å². The van der Waals surface area contributed by atoms with Crippen LogP contribution in [0.5, 0.6) is 5.75 Å². The van der Waals surface area contributed by atoms with E-state index in [0.29, 0.717) is 13.2 Å². The highest BCUT2D eigenvalue weighted by Gasteiger charge is 2.42. The van der Waals surface area contributed by atoms with Crippen LogP contribution < -0.4 is 10.1 Å². The van der Waals surface area contributed by atoms with Crippen LogP contribution in [0.15, 0.2) is 48.5 Å². The number of carbonyl (C=O) groups is 2. The summed E-state index contributed by atoms with van der Waals surface area (Å²) in [4.78, 5) is 21.8. The Balaban J connectivity index is 1.64. The molecule has 2 rings (SSSR count). The summed E-state index contributed by atoms with van der Waals surface area (Å²) < 4.78 is 45.7. The topological polar surface area (TPSA) is 64.6 Å². The summed E-state index contributed by atoms with van der Waals surface area (Å²) in [5, 5.41) is 2.95. The number of hydrogen-bond acceptors (Lipinski definition) is 5. The number of carbonyl (C=O) groups excluding carboxylic acids is 2. The predicted molar refractivity (Wildman–Crippen MR) is 124 cm³/mol. The van der Waals surface area contributed by atoms with E-state index in [9.17, 15) is 22.8 Å². The Kier molecular flexibility index (Phi) is 10.1. The summed E-state index contributed by atoms with van der Waals surface area (Å²) in [5.74, 6) is -2.89. The van der Waals surface area contributed by atoms with Crippen molar-refractivity contribution in [3.05, 3.63) is 65.2 Å². The van der Waals surface area contributed by atoms with E-state index in [1.54, 1.807) is 0 Å². The summed E-state index contributed by atoms with van der Waals surface area (Å²) in [5.41, 5.74) is 3.76. The number of halogens is 3. The molecule has 5 nitrogen and oxygen atoms in total. The van der Waals surface area contributed by atoms with Crippen LogP contribution >= 0.6 is 0 Å². The molecular weight excluding hydrogens is 447 g/mol. The normalized spacial score (nSPS) is 11.8. The molecule has 8 heteroatoms. The summed E-state index contributed by atoms with van der Waals surface area (Å²) in [7, 11) is 0. The molecule has 34 heavy (non-hydrogen) atoms. The fourth-order valence-corrected chi connectivity index (χ4v) is 3.19. The standard InChI is InChI=1S/C26H32F3NO4/c1-25(2,3)21-11-9-19(10-12-21)14-17-33-22-8-4-6-20(18-22)7-5-15-30-16-13-23(31)34-24(32)26(27,28)29/h4,6,8-12,18,30H,5,7,13-17H2,1-3H3. The van der Waals surface area contributed by atoms with Crippen LogP contribution in [0.1, 0.15) is 50.3 Å². The lowest BCUT2D eigenvalue weighted by atomic mass is 9.86. The molecule has 0 saturated carbocycles. The Morgan fingerprint density at radius 3 is 2.26 bits per heavy atom. The summed E-state index contributed by atoms with van der Waals surface area (Å²) in [6, 6.07) is 16.4. The van der Waals surface area contributed by atoms with Crippen molar-refractivity contribution in [2.75, 3.05) is 19.7 Å². The number of nitrogens with one attached hydrogen (secondary N) is 1. The second-order valence-corrected chi connectivity index (χ2v) is 9.06. The number of esters is 2. The lowest BCUT2D eigenvalue weighted by molar-refractivity contribution is -0.201. The SMILES string of the molecule is CC(C)(C)c1ccc(CCOc2cccc(CCCNCCC(=O)OC(=O)C(F)(F)F)c2)cc1. The zero-order chi connectivity index (χ0) is 25.2. The van der Waals surface area contributed by atoms with E-state index in [1.807, 2.05) is 24.3 Å². The van der Waals surface area contributed by atoms with Crippen molar-refractivity contribution in [1.29, 1.82) is 0 Å². The van der Waals surface area contributed by atoms with Gasteiger partial charge in [-0.1, -0.05) is 57.2 Å². The molecule has 0 aromatic heterocycles. The minimum Gasteiger partial charge on any atom is -0.493 e. The molecule has 0 amide bonds. The Morgan fingerprint density at radius 2 is 1.62 bits per heavy atom. The third-order valence-electron chi connectivity index (χ3n) is 5.14. The number of ether oxygens (including phenoxy) is 2. The molecule has 1 N–H and O–H groups in total. The highest BCUT2D eigenvalue weighted by atomic mass is 19.4. The summed E-state index contributed by atoms with van der Waals surface area (Å²) in [6.45, 7) is 7.84. The van der Waals surface area contributed by atoms with Crippen LogP contribution in [0.3, 0.4) is 0 Å². The molecule has 0 aliphatic heterocycles. The number of aryl methyl sites for hydroxylation is 1. The van der Waals surface area contributed by atoms with E-state index < -0.39 is 18.1 Å². The van der Waals surface area contributed by atoms with Crippen LogP contribution in [0.25, 0.3) is 0 Å². The molecule has 0 atom stereocenters. The van der Waals surface area contributed by atoms with Crippen molar-refractivity contribution < 1.29 is 32.2 Å². The quantitative estimate of drug-likeness (QED) is 0.274. The first kappa shape index (κ1) is 27.4. The second-order valence-electron chi connectivity index (χ2n) is 9.06. The zero-order valence-corrected chi connectivity index (χ0v) is 19.8. The van der Waals surface area contributed by atoms with E-state index in [0.717, 1.165) is 30.6 Å². The van der Waals surface area contributed by atoms with Gasteiger partial charge in [-0.15, -0.1) is 0 Å². The molecule has 0 aliphatic carbocycles.